The quantitative estimate of drug-likeness (QED) is 0.809. The molecular weight excluding hydrogens is 370 g/mol. The Morgan fingerprint density at radius 3 is 2.37 bits per heavy atom. The lowest BCUT2D eigenvalue weighted by Crippen LogP contribution is -2.46. The Morgan fingerprint density at radius 2 is 1.81 bits per heavy atom. The van der Waals surface area contributed by atoms with E-state index < -0.39 is 34.6 Å². The zero-order valence-corrected chi connectivity index (χ0v) is 16.6. The van der Waals surface area contributed by atoms with Gasteiger partial charge in [-0.05, 0) is 58.9 Å². The van der Waals surface area contributed by atoms with Crippen molar-refractivity contribution in [2.75, 3.05) is 0 Å². The Labute approximate surface area is 162 Å². The molecule has 144 valence electrons. The maximum Gasteiger partial charge on any atom is 0.363 e. The van der Waals surface area contributed by atoms with Gasteiger partial charge >= 0.3 is 5.97 Å². The van der Waals surface area contributed by atoms with Gasteiger partial charge in [0.05, 0.1) is 5.69 Å². The van der Waals surface area contributed by atoms with E-state index >= 15 is 0 Å². The molecule has 1 heterocycles. The van der Waals surface area contributed by atoms with Gasteiger partial charge in [0, 0.05) is 22.3 Å². The summed E-state index contributed by atoms with van der Waals surface area (Å²) in [5, 5.41) is 7.37. The van der Waals surface area contributed by atoms with Crippen LogP contribution in [0.2, 0.25) is 5.02 Å². The van der Waals surface area contributed by atoms with Crippen molar-refractivity contribution in [1.29, 1.82) is 0 Å². The number of hydrogen-bond acceptors (Lipinski definition) is 5. The number of amides is 1. The van der Waals surface area contributed by atoms with E-state index in [1.807, 2.05) is 20.8 Å². The maximum absolute atomic E-state index is 12.4. The van der Waals surface area contributed by atoms with Gasteiger partial charge in [-0.25, -0.2) is 9.48 Å². The number of esters is 1. The zero-order chi connectivity index (χ0) is 20.4. The van der Waals surface area contributed by atoms with Crippen LogP contribution in [0.3, 0.4) is 0 Å². The molecule has 1 amide bonds. The Morgan fingerprint density at radius 1 is 1.22 bits per heavy atom. The summed E-state index contributed by atoms with van der Waals surface area (Å²) in [6.45, 7) is 8.56. The molecule has 1 aromatic heterocycles. The highest BCUT2D eigenvalue weighted by Crippen LogP contribution is 2.14. The lowest BCUT2D eigenvalue weighted by molar-refractivity contribution is -0.130. The molecule has 2 rings (SSSR count). The molecule has 8 heteroatoms. The second kappa shape index (κ2) is 7.92. The second-order valence-corrected chi connectivity index (χ2v) is 7.61. The molecule has 0 bridgehead atoms. The van der Waals surface area contributed by atoms with Crippen LogP contribution >= 0.6 is 11.6 Å². The highest BCUT2D eigenvalue weighted by molar-refractivity contribution is 6.30. The first-order valence-electron chi connectivity index (χ1n) is 8.38. The number of benzene rings is 1. The van der Waals surface area contributed by atoms with Crippen LogP contribution in [0.15, 0.2) is 35.1 Å². The lowest BCUT2D eigenvalue weighted by atomic mass is 10.1. The Bertz CT molecular complexity index is 914. The van der Waals surface area contributed by atoms with Crippen LogP contribution in [0.4, 0.5) is 0 Å². The minimum atomic E-state index is -1.07. The molecule has 0 unspecified atom stereocenters. The van der Waals surface area contributed by atoms with Crippen LogP contribution in [-0.4, -0.2) is 33.3 Å². The molecule has 0 spiro atoms. The van der Waals surface area contributed by atoms with E-state index in [0.29, 0.717) is 16.4 Å². The first-order valence-corrected chi connectivity index (χ1v) is 8.75. The van der Waals surface area contributed by atoms with Crippen LogP contribution in [0, 0.1) is 6.92 Å². The molecule has 1 N–H and O–H groups in total. The van der Waals surface area contributed by atoms with Gasteiger partial charge in [-0.3, -0.25) is 9.59 Å². The van der Waals surface area contributed by atoms with Gasteiger partial charge in [0.15, 0.2) is 6.10 Å². The predicted octanol–water partition coefficient (Wildman–Crippen LogP) is 2.65. The summed E-state index contributed by atoms with van der Waals surface area (Å²) in [5.41, 5.74) is -0.278. The third-order valence-corrected chi connectivity index (χ3v) is 3.78. The van der Waals surface area contributed by atoms with Gasteiger partial charge in [-0.15, -0.1) is 0 Å². The van der Waals surface area contributed by atoms with Crippen molar-refractivity contribution >= 4 is 23.5 Å². The van der Waals surface area contributed by atoms with Crippen molar-refractivity contribution in [2.24, 2.45) is 0 Å². The van der Waals surface area contributed by atoms with Crippen LogP contribution in [0.25, 0.3) is 5.69 Å². The SMILES string of the molecule is Cc1cc(=O)c(C(=O)O[C@H](C)C(=O)NC(C)(C)C)nn1-c1ccc(Cl)cc1. The summed E-state index contributed by atoms with van der Waals surface area (Å²) in [6, 6.07) is 8.06. The number of nitrogens with zero attached hydrogens (tertiary/aromatic N) is 2. The van der Waals surface area contributed by atoms with E-state index in [-0.39, 0.29) is 0 Å². The molecule has 0 aliphatic carbocycles. The van der Waals surface area contributed by atoms with Crippen LogP contribution < -0.4 is 10.7 Å². The number of hydrogen-bond donors (Lipinski definition) is 1. The first kappa shape index (κ1) is 20.6. The molecule has 0 saturated heterocycles. The molecule has 0 saturated carbocycles. The van der Waals surface area contributed by atoms with E-state index in [4.69, 9.17) is 16.3 Å². The summed E-state index contributed by atoms with van der Waals surface area (Å²) in [5.74, 6) is -1.42. The largest absolute Gasteiger partial charge is 0.448 e. The van der Waals surface area contributed by atoms with Crippen molar-refractivity contribution in [3.8, 4) is 5.69 Å². The Kier molecular flexibility index (Phi) is 6.05. The van der Waals surface area contributed by atoms with Gasteiger partial charge in [0.2, 0.25) is 11.1 Å². The van der Waals surface area contributed by atoms with E-state index in [2.05, 4.69) is 10.4 Å². The Hall–Kier alpha value is -2.67. The van der Waals surface area contributed by atoms with Gasteiger partial charge in [-0.2, -0.15) is 5.10 Å². The number of halogens is 1. The molecule has 0 radical (unpaired) electrons. The van der Waals surface area contributed by atoms with Crippen LogP contribution in [0.1, 0.15) is 43.9 Å². The zero-order valence-electron chi connectivity index (χ0n) is 15.9. The van der Waals surface area contributed by atoms with E-state index in [9.17, 15) is 14.4 Å². The third kappa shape index (κ3) is 5.40. The molecule has 0 aliphatic heterocycles. The number of ether oxygens (including phenoxy) is 1. The van der Waals surface area contributed by atoms with Gasteiger partial charge in [0.1, 0.15) is 0 Å². The average molecular weight is 392 g/mol. The van der Waals surface area contributed by atoms with Crippen molar-refractivity contribution in [2.45, 2.75) is 46.3 Å². The smallest absolute Gasteiger partial charge is 0.363 e. The van der Waals surface area contributed by atoms with Gasteiger partial charge in [0.25, 0.3) is 5.91 Å². The lowest BCUT2D eigenvalue weighted by Gasteiger charge is -2.23. The molecule has 27 heavy (non-hydrogen) atoms. The highest BCUT2D eigenvalue weighted by Gasteiger charge is 2.25. The normalized spacial score (nSPS) is 12.4. The van der Waals surface area contributed by atoms with Crippen molar-refractivity contribution in [1.82, 2.24) is 15.1 Å². The number of carbonyl (C=O) groups excluding carboxylic acids is 2. The van der Waals surface area contributed by atoms with Gasteiger partial charge < -0.3 is 10.1 Å². The number of rotatable bonds is 4. The summed E-state index contributed by atoms with van der Waals surface area (Å²) < 4.78 is 6.57. The van der Waals surface area contributed by atoms with Crippen molar-refractivity contribution < 1.29 is 14.3 Å². The predicted molar refractivity (Wildman–Crippen MR) is 102 cm³/mol. The average Bonchev–Trinajstić information content (AvgIpc) is 2.54. The second-order valence-electron chi connectivity index (χ2n) is 7.17. The minimum Gasteiger partial charge on any atom is -0.448 e. The molecular formula is C19H22ClN3O4. The third-order valence-electron chi connectivity index (χ3n) is 3.52. The molecule has 7 nitrogen and oxygen atoms in total. The standard InChI is InChI=1S/C19H22ClN3O4/c1-11-10-15(24)16(22-23(11)14-8-6-13(20)7-9-14)18(26)27-12(2)17(25)21-19(3,4)5/h6-10,12H,1-5H3,(H,21,25)/t12-/m1/s1. The first-order chi connectivity index (χ1) is 12.5. The number of aryl methyl sites for hydroxylation is 1. The summed E-state index contributed by atoms with van der Waals surface area (Å²) >= 11 is 5.89. The van der Waals surface area contributed by atoms with Crippen molar-refractivity contribution in [3.63, 3.8) is 0 Å². The molecule has 0 fully saturated rings. The summed E-state index contributed by atoms with van der Waals surface area (Å²) in [6.07, 6.45) is -1.07. The Balaban J connectivity index is 2.28. The monoisotopic (exact) mass is 391 g/mol. The minimum absolute atomic E-state index is 0.397. The van der Waals surface area contributed by atoms with Gasteiger partial charge in [-0.1, -0.05) is 11.6 Å². The number of aromatic nitrogens is 2. The fourth-order valence-electron chi connectivity index (χ4n) is 2.27. The van der Waals surface area contributed by atoms with Crippen LogP contribution in [0.5, 0.6) is 0 Å². The highest BCUT2D eigenvalue weighted by atomic mass is 35.5. The summed E-state index contributed by atoms with van der Waals surface area (Å²) in [7, 11) is 0. The van der Waals surface area contributed by atoms with E-state index in [0.717, 1.165) is 0 Å². The molecule has 1 atom stereocenters. The molecule has 0 aliphatic rings. The van der Waals surface area contributed by atoms with Crippen molar-refractivity contribution in [3.05, 3.63) is 57.0 Å². The molecule has 2 aromatic rings. The molecule has 1 aromatic carbocycles. The fraction of sp³-hybridized carbons (Fsp3) is 0.368. The fourth-order valence-corrected chi connectivity index (χ4v) is 2.40. The van der Waals surface area contributed by atoms with E-state index in [1.165, 1.54) is 17.7 Å². The number of nitrogens with one attached hydrogen (secondary N) is 1. The van der Waals surface area contributed by atoms with Crippen LogP contribution in [-0.2, 0) is 9.53 Å². The van der Waals surface area contributed by atoms with E-state index in [1.54, 1.807) is 31.2 Å². The number of carbonyl (C=O) groups is 2. The topological polar surface area (TPSA) is 90.3 Å². The summed E-state index contributed by atoms with van der Waals surface area (Å²) in [4.78, 5) is 36.7. The maximum atomic E-state index is 12.4.